The van der Waals surface area contributed by atoms with Crippen LogP contribution in [0.1, 0.15) is 58.3 Å². The Morgan fingerprint density at radius 3 is 2.60 bits per heavy atom. The lowest BCUT2D eigenvalue weighted by atomic mass is 9.83. The molecule has 4 atom stereocenters. The third-order valence-electron chi connectivity index (χ3n) is 5.22. The summed E-state index contributed by atoms with van der Waals surface area (Å²) in [5.41, 5.74) is 0. The van der Waals surface area contributed by atoms with Gasteiger partial charge in [-0.2, -0.15) is 0 Å². The normalized spacial score (nSPS) is 30.8. The van der Waals surface area contributed by atoms with Gasteiger partial charge >= 0.3 is 0 Å². The highest BCUT2D eigenvalue weighted by atomic mass is 32.2. The molecule has 0 saturated heterocycles. The quantitative estimate of drug-likeness (QED) is 0.712. The van der Waals surface area contributed by atoms with E-state index in [1.54, 1.807) is 0 Å². The fraction of sp³-hybridized carbons (Fsp3) is 1.00. The molecule has 2 fully saturated rings. The molecule has 2 aliphatic carbocycles. The maximum atomic E-state index is 11.3. The van der Waals surface area contributed by atoms with Crippen molar-refractivity contribution in [2.24, 2.45) is 17.8 Å². The molecule has 0 aliphatic heterocycles. The first kappa shape index (κ1) is 16.3. The lowest BCUT2D eigenvalue weighted by molar-refractivity contribution is 0.271. The van der Waals surface area contributed by atoms with E-state index in [0.29, 0.717) is 11.8 Å². The monoisotopic (exact) mass is 301 g/mol. The van der Waals surface area contributed by atoms with Crippen LogP contribution in [0.2, 0.25) is 0 Å². The molecule has 0 radical (unpaired) electrons. The van der Waals surface area contributed by atoms with Gasteiger partial charge in [0.2, 0.25) is 0 Å². The summed E-state index contributed by atoms with van der Waals surface area (Å²) < 4.78 is 22.5. The number of fused-ring (bicyclic) bond motifs is 2. The molecule has 0 aromatic heterocycles. The molecule has 1 N–H and O–H groups in total. The second kappa shape index (κ2) is 7.26. The highest BCUT2D eigenvalue weighted by Gasteiger charge is 2.39. The van der Waals surface area contributed by atoms with Gasteiger partial charge in [0.15, 0.2) is 0 Å². The van der Waals surface area contributed by atoms with Gasteiger partial charge in [0, 0.05) is 18.1 Å². The van der Waals surface area contributed by atoms with Gasteiger partial charge in [-0.3, -0.25) is 0 Å². The fourth-order valence-corrected chi connectivity index (χ4v) is 4.97. The van der Waals surface area contributed by atoms with E-state index in [1.165, 1.54) is 38.4 Å². The molecule has 0 amide bonds. The number of hydrogen-bond donors (Lipinski definition) is 1. The van der Waals surface area contributed by atoms with Crippen LogP contribution in [-0.2, 0) is 9.84 Å². The van der Waals surface area contributed by atoms with Crippen LogP contribution in [-0.4, -0.2) is 33.0 Å². The fourth-order valence-electron chi connectivity index (χ4n) is 4.27. The third-order valence-corrected chi connectivity index (χ3v) is 6.25. The molecule has 2 bridgehead atoms. The van der Waals surface area contributed by atoms with E-state index in [0.717, 1.165) is 43.6 Å². The maximum absolute atomic E-state index is 11.3. The van der Waals surface area contributed by atoms with Crippen LogP contribution in [0.15, 0.2) is 0 Å². The molecule has 0 heterocycles. The molecule has 3 nitrogen and oxygen atoms in total. The van der Waals surface area contributed by atoms with Crippen LogP contribution in [0.3, 0.4) is 0 Å². The predicted octanol–water partition coefficient (Wildman–Crippen LogP) is 3.01. The Hall–Kier alpha value is -0.0900. The Morgan fingerprint density at radius 2 is 2.05 bits per heavy atom. The summed E-state index contributed by atoms with van der Waals surface area (Å²) in [6, 6.07) is 0.529. The van der Waals surface area contributed by atoms with Crippen LogP contribution in [0.5, 0.6) is 0 Å². The highest BCUT2D eigenvalue weighted by molar-refractivity contribution is 7.90. The van der Waals surface area contributed by atoms with Crippen molar-refractivity contribution in [3.05, 3.63) is 0 Å². The van der Waals surface area contributed by atoms with Crippen molar-refractivity contribution in [3.8, 4) is 0 Å². The van der Waals surface area contributed by atoms with Gasteiger partial charge < -0.3 is 5.32 Å². The van der Waals surface area contributed by atoms with E-state index in [9.17, 15) is 8.42 Å². The van der Waals surface area contributed by atoms with Gasteiger partial charge in [-0.15, -0.1) is 0 Å². The second-order valence-corrected chi connectivity index (χ2v) is 9.35. The summed E-state index contributed by atoms with van der Waals surface area (Å²) in [5.74, 6) is 3.23. The summed E-state index contributed by atoms with van der Waals surface area (Å²) in [5, 5.41) is 3.65. The molecular formula is C16H31NO2S. The van der Waals surface area contributed by atoms with Gasteiger partial charge in [0.25, 0.3) is 0 Å². The predicted molar refractivity (Wildman–Crippen MR) is 84.6 cm³/mol. The molecule has 2 rings (SSSR count). The Morgan fingerprint density at radius 1 is 1.25 bits per heavy atom. The average Bonchev–Trinajstić information content (AvgIpc) is 2.96. The minimum Gasteiger partial charge on any atom is -0.314 e. The zero-order valence-corrected chi connectivity index (χ0v) is 13.9. The summed E-state index contributed by atoms with van der Waals surface area (Å²) in [7, 11) is -2.80. The molecule has 0 spiro atoms. The van der Waals surface area contributed by atoms with E-state index >= 15 is 0 Å². The van der Waals surface area contributed by atoms with Crippen LogP contribution in [0.4, 0.5) is 0 Å². The smallest absolute Gasteiger partial charge is 0.147 e. The topological polar surface area (TPSA) is 46.2 Å². The third kappa shape index (κ3) is 5.03. The molecule has 20 heavy (non-hydrogen) atoms. The van der Waals surface area contributed by atoms with Crippen molar-refractivity contribution < 1.29 is 8.42 Å². The molecule has 4 unspecified atom stereocenters. The minimum atomic E-state index is -2.80. The van der Waals surface area contributed by atoms with Crippen molar-refractivity contribution in [2.75, 3.05) is 18.6 Å². The van der Waals surface area contributed by atoms with Gasteiger partial charge in [0.05, 0.1) is 0 Å². The first-order chi connectivity index (χ1) is 9.48. The van der Waals surface area contributed by atoms with Gasteiger partial charge in [-0.05, 0) is 69.2 Å². The molecule has 2 saturated carbocycles. The van der Waals surface area contributed by atoms with E-state index < -0.39 is 9.84 Å². The molecule has 118 valence electrons. The largest absolute Gasteiger partial charge is 0.314 e. The Balaban J connectivity index is 1.77. The van der Waals surface area contributed by atoms with Crippen LogP contribution in [0.25, 0.3) is 0 Å². The zero-order valence-electron chi connectivity index (χ0n) is 13.1. The molecule has 2 aliphatic rings. The lowest BCUT2D eigenvalue weighted by Crippen LogP contribution is -2.33. The summed E-state index contributed by atoms with van der Waals surface area (Å²) in [4.78, 5) is 0. The first-order valence-corrected chi connectivity index (χ1v) is 10.4. The number of sulfone groups is 1. The average molecular weight is 301 g/mol. The van der Waals surface area contributed by atoms with Gasteiger partial charge in [-0.1, -0.05) is 13.3 Å². The van der Waals surface area contributed by atoms with E-state index in [-0.39, 0.29) is 0 Å². The molecular weight excluding hydrogens is 270 g/mol. The van der Waals surface area contributed by atoms with Crippen LogP contribution < -0.4 is 5.32 Å². The zero-order chi connectivity index (χ0) is 14.6. The first-order valence-electron chi connectivity index (χ1n) is 8.39. The number of rotatable bonds is 9. The SMILES string of the molecule is CCCNC(CCCS(C)(=O)=O)CC1CC2CCC1C2. The van der Waals surface area contributed by atoms with E-state index in [4.69, 9.17) is 0 Å². The minimum absolute atomic E-state index is 0.341. The van der Waals surface area contributed by atoms with Crippen LogP contribution >= 0.6 is 0 Å². The van der Waals surface area contributed by atoms with E-state index in [1.807, 2.05) is 0 Å². The van der Waals surface area contributed by atoms with E-state index in [2.05, 4.69) is 12.2 Å². The molecule has 4 heteroatoms. The standard InChI is InChI=1S/C16H31NO2S/c1-3-8-17-16(5-4-9-20(2,18)19)12-15-11-13-6-7-14(15)10-13/h13-17H,3-12H2,1-2H3. The Bertz CT molecular complexity index is 393. The van der Waals surface area contributed by atoms with Crippen molar-refractivity contribution in [1.29, 1.82) is 0 Å². The number of hydrogen-bond acceptors (Lipinski definition) is 3. The summed E-state index contributed by atoms with van der Waals surface area (Å²) in [6.07, 6.45) is 11.4. The van der Waals surface area contributed by atoms with Crippen molar-refractivity contribution in [1.82, 2.24) is 5.32 Å². The maximum Gasteiger partial charge on any atom is 0.147 e. The molecule has 0 aromatic rings. The summed E-state index contributed by atoms with van der Waals surface area (Å²) in [6.45, 7) is 3.25. The second-order valence-electron chi connectivity index (χ2n) is 7.09. The summed E-state index contributed by atoms with van der Waals surface area (Å²) >= 11 is 0. The van der Waals surface area contributed by atoms with Gasteiger partial charge in [0.1, 0.15) is 9.84 Å². The van der Waals surface area contributed by atoms with Crippen molar-refractivity contribution in [2.45, 2.75) is 64.3 Å². The van der Waals surface area contributed by atoms with Crippen LogP contribution in [0, 0.1) is 17.8 Å². The lowest BCUT2D eigenvalue weighted by Gasteiger charge is -2.27. The van der Waals surface area contributed by atoms with Crippen molar-refractivity contribution >= 4 is 9.84 Å². The Labute approximate surface area is 124 Å². The Kier molecular flexibility index (Phi) is 5.91. The molecule has 0 aromatic carbocycles. The van der Waals surface area contributed by atoms with Gasteiger partial charge in [-0.25, -0.2) is 8.42 Å². The highest BCUT2D eigenvalue weighted by Crippen LogP contribution is 2.50. The van der Waals surface area contributed by atoms with Crippen molar-refractivity contribution in [3.63, 3.8) is 0 Å². The number of nitrogens with one attached hydrogen (secondary N) is 1.